The average molecular weight is 484 g/mol. The number of benzene rings is 3. The van der Waals surface area contributed by atoms with Crippen LogP contribution in [0.1, 0.15) is 33.2 Å². The van der Waals surface area contributed by atoms with Gasteiger partial charge < -0.3 is 14.6 Å². The zero-order valence-corrected chi connectivity index (χ0v) is 20.6. The molecule has 0 saturated heterocycles. The van der Waals surface area contributed by atoms with Crippen molar-refractivity contribution in [1.29, 1.82) is 0 Å². The molecule has 0 aliphatic heterocycles. The first-order chi connectivity index (χ1) is 17.0. The highest BCUT2D eigenvalue weighted by Crippen LogP contribution is 2.41. The third-order valence-corrected chi connectivity index (χ3v) is 7.48. The fourth-order valence-electron chi connectivity index (χ4n) is 4.42. The minimum atomic E-state index is -1.02. The van der Waals surface area contributed by atoms with Crippen LogP contribution in [0.2, 0.25) is 0 Å². The standard InChI is InChI=1S/C29H25NO4S/c1-17-13-14-23(34-24(16-33-3)19-9-5-4-6-10-19)26-21(29(31)32)15-22(30-27(17)26)28-18(2)20-11-7-8-12-25(20)35-28/h4-15,24H,16H2,1-3H3,(H,31,32)/t24-/m0/s1. The third kappa shape index (κ3) is 4.27. The monoisotopic (exact) mass is 483 g/mol. The number of thiophene rings is 1. The van der Waals surface area contributed by atoms with Gasteiger partial charge in [0.2, 0.25) is 0 Å². The molecule has 0 radical (unpaired) electrons. The number of carboxylic acids is 1. The summed E-state index contributed by atoms with van der Waals surface area (Å²) in [6.07, 6.45) is -0.390. The molecule has 5 rings (SSSR count). The lowest BCUT2D eigenvalue weighted by Gasteiger charge is -2.21. The van der Waals surface area contributed by atoms with Crippen molar-refractivity contribution >= 4 is 38.3 Å². The molecule has 0 aliphatic rings. The Morgan fingerprint density at radius 2 is 1.77 bits per heavy atom. The van der Waals surface area contributed by atoms with Crippen LogP contribution >= 0.6 is 11.3 Å². The summed E-state index contributed by atoms with van der Waals surface area (Å²) in [7, 11) is 1.62. The number of hydrogen-bond donors (Lipinski definition) is 1. The number of pyridine rings is 1. The first-order valence-corrected chi connectivity index (χ1v) is 12.2. The Hall–Kier alpha value is -3.74. The topological polar surface area (TPSA) is 68.7 Å². The molecule has 0 unspecified atom stereocenters. The Labute approximate surface area is 207 Å². The molecule has 2 aromatic heterocycles. The van der Waals surface area contributed by atoms with E-state index in [-0.39, 0.29) is 5.56 Å². The zero-order valence-electron chi connectivity index (χ0n) is 19.7. The van der Waals surface area contributed by atoms with E-state index >= 15 is 0 Å². The SMILES string of the molecule is COC[C@H](Oc1ccc(C)c2nc(-c3sc4ccccc4c3C)cc(C(=O)O)c12)c1ccccc1. The molecule has 0 bridgehead atoms. The van der Waals surface area contributed by atoms with Crippen LogP contribution in [0, 0.1) is 13.8 Å². The van der Waals surface area contributed by atoms with Crippen molar-refractivity contribution in [2.75, 3.05) is 13.7 Å². The lowest BCUT2D eigenvalue weighted by atomic mass is 10.0. The van der Waals surface area contributed by atoms with E-state index in [9.17, 15) is 9.90 Å². The fourth-order valence-corrected chi connectivity index (χ4v) is 5.59. The molecule has 0 spiro atoms. The molecule has 0 saturated carbocycles. The van der Waals surface area contributed by atoms with E-state index in [4.69, 9.17) is 14.5 Å². The number of fused-ring (bicyclic) bond motifs is 2. The molecule has 35 heavy (non-hydrogen) atoms. The smallest absolute Gasteiger partial charge is 0.336 e. The van der Waals surface area contributed by atoms with Gasteiger partial charge in [-0.2, -0.15) is 0 Å². The molecular formula is C29H25NO4S. The Morgan fingerprint density at radius 3 is 2.49 bits per heavy atom. The van der Waals surface area contributed by atoms with Crippen molar-refractivity contribution in [1.82, 2.24) is 4.98 Å². The first-order valence-electron chi connectivity index (χ1n) is 11.3. The molecule has 3 aromatic carbocycles. The largest absolute Gasteiger partial charge is 0.483 e. The Bertz CT molecular complexity index is 1540. The highest BCUT2D eigenvalue weighted by atomic mass is 32.1. The summed E-state index contributed by atoms with van der Waals surface area (Å²) in [5, 5.41) is 11.9. The van der Waals surface area contributed by atoms with Gasteiger partial charge in [0, 0.05) is 11.8 Å². The van der Waals surface area contributed by atoms with E-state index in [1.807, 2.05) is 61.5 Å². The second kappa shape index (κ2) is 9.49. The summed E-state index contributed by atoms with van der Waals surface area (Å²) in [5.41, 5.74) is 4.39. The molecule has 0 aliphatic carbocycles. The third-order valence-electron chi connectivity index (χ3n) is 6.19. The van der Waals surface area contributed by atoms with E-state index in [2.05, 4.69) is 19.1 Å². The van der Waals surface area contributed by atoms with Gasteiger partial charge in [-0.05, 0) is 54.1 Å². The van der Waals surface area contributed by atoms with E-state index in [0.29, 0.717) is 29.0 Å². The number of carbonyl (C=O) groups is 1. The number of hydrogen-bond acceptors (Lipinski definition) is 5. The first kappa shape index (κ1) is 23.0. The fraction of sp³-hybridized carbons (Fsp3) is 0.172. The van der Waals surface area contributed by atoms with Gasteiger partial charge in [-0.25, -0.2) is 9.78 Å². The van der Waals surface area contributed by atoms with Crippen LogP contribution in [0.3, 0.4) is 0 Å². The van der Waals surface area contributed by atoms with Crippen molar-refractivity contribution in [3.8, 4) is 16.3 Å². The number of aromatic carboxylic acids is 1. The second-order valence-electron chi connectivity index (χ2n) is 8.49. The summed E-state index contributed by atoms with van der Waals surface area (Å²) < 4.78 is 12.9. The van der Waals surface area contributed by atoms with Crippen LogP contribution in [0.5, 0.6) is 5.75 Å². The molecule has 5 nitrogen and oxygen atoms in total. The summed E-state index contributed by atoms with van der Waals surface area (Å²) in [4.78, 5) is 18.4. The van der Waals surface area contributed by atoms with E-state index < -0.39 is 12.1 Å². The van der Waals surface area contributed by atoms with Gasteiger partial charge in [0.15, 0.2) is 0 Å². The van der Waals surface area contributed by atoms with Crippen molar-refractivity contribution in [2.24, 2.45) is 0 Å². The Kier molecular flexibility index (Phi) is 6.24. The molecule has 1 atom stereocenters. The number of aromatic nitrogens is 1. The quantitative estimate of drug-likeness (QED) is 0.265. The summed E-state index contributed by atoms with van der Waals surface area (Å²) in [6, 6.07) is 23.4. The van der Waals surface area contributed by atoms with Crippen LogP contribution in [-0.2, 0) is 4.74 Å². The molecule has 0 fully saturated rings. The van der Waals surface area contributed by atoms with Gasteiger partial charge in [0.05, 0.1) is 33.6 Å². The van der Waals surface area contributed by atoms with E-state index in [1.165, 1.54) is 0 Å². The number of carboxylic acid groups (broad SMARTS) is 1. The van der Waals surface area contributed by atoms with Crippen LogP contribution in [-0.4, -0.2) is 29.8 Å². The zero-order chi connectivity index (χ0) is 24.5. The lowest BCUT2D eigenvalue weighted by molar-refractivity contribution is 0.0696. The van der Waals surface area contributed by atoms with Crippen molar-refractivity contribution in [2.45, 2.75) is 20.0 Å². The summed E-state index contributed by atoms with van der Waals surface area (Å²) in [5.74, 6) is -0.545. The minimum Gasteiger partial charge on any atom is -0.483 e. The molecule has 2 heterocycles. The summed E-state index contributed by atoms with van der Waals surface area (Å²) >= 11 is 1.63. The number of nitrogens with zero attached hydrogens (tertiary/aromatic N) is 1. The van der Waals surface area contributed by atoms with Gasteiger partial charge in [-0.1, -0.05) is 54.6 Å². The number of rotatable bonds is 7. The average Bonchev–Trinajstić information content (AvgIpc) is 3.21. The number of aryl methyl sites for hydroxylation is 2. The van der Waals surface area contributed by atoms with Gasteiger partial charge in [-0.15, -0.1) is 11.3 Å². The Morgan fingerprint density at radius 1 is 1.03 bits per heavy atom. The second-order valence-corrected chi connectivity index (χ2v) is 9.54. The van der Waals surface area contributed by atoms with Gasteiger partial charge in [0.1, 0.15) is 11.9 Å². The van der Waals surface area contributed by atoms with Crippen molar-refractivity contribution < 1.29 is 19.4 Å². The predicted molar refractivity (Wildman–Crippen MR) is 141 cm³/mol. The van der Waals surface area contributed by atoms with Gasteiger partial charge in [-0.3, -0.25) is 0 Å². The van der Waals surface area contributed by atoms with Crippen LogP contribution in [0.15, 0.2) is 72.8 Å². The lowest BCUT2D eigenvalue weighted by Crippen LogP contribution is -2.14. The van der Waals surface area contributed by atoms with Crippen molar-refractivity contribution in [3.63, 3.8) is 0 Å². The maximum Gasteiger partial charge on any atom is 0.336 e. The highest BCUT2D eigenvalue weighted by Gasteiger charge is 2.23. The molecule has 1 N–H and O–H groups in total. The molecule has 176 valence electrons. The summed E-state index contributed by atoms with van der Waals surface area (Å²) in [6.45, 7) is 4.33. The molecule has 5 aromatic rings. The van der Waals surface area contributed by atoms with Crippen LogP contribution < -0.4 is 4.74 Å². The highest BCUT2D eigenvalue weighted by molar-refractivity contribution is 7.22. The van der Waals surface area contributed by atoms with Gasteiger partial charge in [0.25, 0.3) is 0 Å². The Balaban J connectivity index is 1.70. The van der Waals surface area contributed by atoms with E-state index in [1.54, 1.807) is 24.5 Å². The number of methoxy groups -OCH3 is 1. The number of ether oxygens (including phenoxy) is 2. The molecular weight excluding hydrogens is 458 g/mol. The van der Waals surface area contributed by atoms with Crippen molar-refractivity contribution in [3.05, 3.63) is 95.1 Å². The van der Waals surface area contributed by atoms with Crippen LogP contribution in [0.4, 0.5) is 0 Å². The minimum absolute atomic E-state index is 0.171. The van der Waals surface area contributed by atoms with Gasteiger partial charge >= 0.3 is 5.97 Å². The molecule has 0 amide bonds. The normalized spacial score (nSPS) is 12.2. The maximum atomic E-state index is 12.5. The molecule has 6 heteroatoms. The maximum absolute atomic E-state index is 12.5. The van der Waals surface area contributed by atoms with E-state index in [0.717, 1.165) is 31.7 Å². The predicted octanol–water partition coefficient (Wildman–Crippen LogP) is 7.20. The van der Waals surface area contributed by atoms with Crippen LogP contribution in [0.25, 0.3) is 31.6 Å².